The molecule has 19 heavy (non-hydrogen) atoms. The van der Waals surface area contributed by atoms with E-state index in [-0.39, 0.29) is 5.91 Å². The Bertz CT molecular complexity index is 492. The van der Waals surface area contributed by atoms with E-state index in [9.17, 15) is 4.79 Å². The predicted molar refractivity (Wildman–Crippen MR) is 73.8 cm³/mol. The van der Waals surface area contributed by atoms with E-state index in [1.54, 1.807) is 18.2 Å². The van der Waals surface area contributed by atoms with E-state index < -0.39 is 0 Å². The highest BCUT2D eigenvalue weighted by molar-refractivity contribution is 5.91. The minimum Gasteiger partial charge on any atom is -0.325 e. The van der Waals surface area contributed by atoms with E-state index in [2.05, 4.69) is 18.3 Å². The van der Waals surface area contributed by atoms with E-state index in [4.69, 9.17) is 5.26 Å². The van der Waals surface area contributed by atoms with Gasteiger partial charge in [0.05, 0.1) is 24.2 Å². The fourth-order valence-corrected chi connectivity index (χ4v) is 2.59. The normalized spacial score (nSPS) is 22.5. The monoisotopic (exact) mass is 258 g/mol. The van der Waals surface area contributed by atoms with Gasteiger partial charge in [-0.15, -0.1) is 0 Å². The number of hydrogen-bond donors (Lipinski definition) is 2. The van der Waals surface area contributed by atoms with Gasteiger partial charge in [0.2, 0.25) is 0 Å². The van der Waals surface area contributed by atoms with E-state index in [1.807, 2.05) is 6.07 Å². The largest absolute Gasteiger partial charge is 0.325 e. The van der Waals surface area contributed by atoms with Crippen molar-refractivity contribution >= 4 is 11.6 Å². The number of likely N-dealkylation sites (tertiary alicyclic amines) is 1. The van der Waals surface area contributed by atoms with Gasteiger partial charge in [-0.3, -0.25) is 4.79 Å². The van der Waals surface area contributed by atoms with Crippen LogP contribution < -0.4 is 10.2 Å². The highest BCUT2D eigenvalue weighted by Gasteiger charge is 2.24. The van der Waals surface area contributed by atoms with Crippen molar-refractivity contribution in [1.29, 1.82) is 5.26 Å². The first kappa shape index (κ1) is 13.6. The summed E-state index contributed by atoms with van der Waals surface area (Å²) in [5.74, 6) is 0.0267. The van der Waals surface area contributed by atoms with Crippen LogP contribution in [-0.2, 0) is 4.79 Å². The van der Waals surface area contributed by atoms with Gasteiger partial charge in [-0.25, -0.2) is 0 Å². The van der Waals surface area contributed by atoms with Crippen LogP contribution in [0.15, 0.2) is 24.3 Å². The molecule has 2 atom stereocenters. The lowest BCUT2D eigenvalue weighted by Crippen LogP contribution is -3.17. The third-order valence-corrected chi connectivity index (χ3v) is 3.74. The summed E-state index contributed by atoms with van der Waals surface area (Å²) in [6.07, 6.45) is 3.68. The molecule has 0 aliphatic carbocycles. The molecular weight excluding hydrogens is 238 g/mol. The van der Waals surface area contributed by atoms with Crippen LogP contribution >= 0.6 is 0 Å². The van der Waals surface area contributed by atoms with Gasteiger partial charge in [-0.2, -0.15) is 5.26 Å². The maximum Gasteiger partial charge on any atom is 0.279 e. The average molecular weight is 258 g/mol. The van der Waals surface area contributed by atoms with Crippen molar-refractivity contribution in [3.05, 3.63) is 29.8 Å². The Labute approximate surface area is 114 Å². The van der Waals surface area contributed by atoms with Crippen molar-refractivity contribution in [2.24, 2.45) is 0 Å². The fourth-order valence-electron chi connectivity index (χ4n) is 2.59. The lowest BCUT2D eigenvalue weighted by atomic mass is 10.0. The SMILES string of the molecule is C[C@H]1CCCC[NH+]1CC(=O)Nc1cccc(C#N)c1. The van der Waals surface area contributed by atoms with Crippen LogP contribution in [0.1, 0.15) is 31.7 Å². The van der Waals surface area contributed by atoms with E-state index >= 15 is 0 Å². The number of nitrogens with one attached hydrogen (secondary N) is 2. The van der Waals surface area contributed by atoms with Crippen LogP contribution in [-0.4, -0.2) is 25.0 Å². The zero-order valence-corrected chi connectivity index (χ0v) is 11.3. The lowest BCUT2D eigenvalue weighted by molar-refractivity contribution is -0.920. The van der Waals surface area contributed by atoms with Crippen LogP contribution in [0, 0.1) is 11.3 Å². The molecule has 4 heteroatoms. The van der Waals surface area contributed by atoms with E-state index in [0.29, 0.717) is 23.8 Å². The summed E-state index contributed by atoms with van der Waals surface area (Å²) in [4.78, 5) is 13.4. The molecule has 0 bridgehead atoms. The van der Waals surface area contributed by atoms with Gasteiger partial charge in [0.25, 0.3) is 5.91 Å². The summed E-state index contributed by atoms with van der Waals surface area (Å²) < 4.78 is 0. The molecule has 4 nitrogen and oxygen atoms in total. The number of benzene rings is 1. The number of nitriles is 1. The van der Waals surface area contributed by atoms with Crippen LogP contribution in [0.3, 0.4) is 0 Å². The van der Waals surface area contributed by atoms with Gasteiger partial charge in [0.15, 0.2) is 6.54 Å². The zero-order valence-electron chi connectivity index (χ0n) is 11.3. The van der Waals surface area contributed by atoms with Crippen LogP contribution in [0.4, 0.5) is 5.69 Å². The van der Waals surface area contributed by atoms with E-state index in [1.165, 1.54) is 24.2 Å². The van der Waals surface area contributed by atoms with Crippen molar-refractivity contribution in [1.82, 2.24) is 0 Å². The molecule has 0 aromatic heterocycles. The molecule has 1 amide bonds. The molecule has 0 radical (unpaired) electrons. The fraction of sp³-hybridized carbons (Fsp3) is 0.467. The average Bonchev–Trinajstić information content (AvgIpc) is 2.41. The third-order valence-electron chi connectivity index (χ3n) is 3.74. The first-order chi connectivity index (χ1) is 9.19. The highest BCUT2D eigenvalue weighted by Crippen LogP contribution is 2.09. The number of carbonyl (C=O) groups is 1. The second-order valence-corrected chi connectivity index (χ2v) is 5.22. The third kappa shape index (κ3) is 3.80. The van der Waals surface area contributed by atoms with Gasteiger partial charge < -0.3 is 10.2 Å². The smallest absolute Gasteiger partial charge is 0.279 e. The maximum absolute atomic E-state index is 12.0. The number of anilines is 1. The van der Waals surface area contributed by atoms with Crippen LogP contribution in [0.5, 0.6) is 0 Å². The quantitative estimate of drug-likeness (QED) is 0.848. The van der Waals surface area contributed by atoms with Gasteiger partial charge in [-0.05, 0) is 44.4 Å². The second kappa shape index (κ2) is 6.35. The summed E-state index contributed by atoms with van der Waals surface area (Å²) in [7, 11) is 0. The molecular formula is C15H20N3O+. The summed E-state index contributed by atoms with van der Waals surface area (Å²) in [5, 5.41) is 11.7. The topological polar surface area (TPSA) is 57.3 Å². The van der Waals surface area contributed by atoms with E-state index in [0.717, 1.165) is 6.54 Å². The number of carbonyl (C=O) groups excluding carboxylic acids is 1. The maximum atomic E-state index is 12.0. The number of piperidine rings is 1. The van der Waals surface area contributed by atoms with Gasteiger partial charge in [0, 0.05) is 5.69 Å². The molecule has 1 unspecified atom stereocenters. The minimum absolute atomic E-state index is 0.0267. The molecule has 1 heterocycles. The van der Waals surface area contributed by atoms with Crippen molar-refractivity contribution in [2.75, 3.05) is 18.4 Å². The molecule has 0 saturated carbocycles. The zero-order chi connectivity index (χ0) is 13.7. The highest BCUT2D eigenvalue weighted by atomic mass is 16.2. The molecule has 1 aromatic rings. The Morgan fingerprint density at radius 1 is 1.53 bits per heavy atom. The summed E-state index contributed by atoms with van der Waals surface area (Å²) in [6, 6.07) is 9.66. The molecule has 1 fully saturated rings. The summed E-state index contributed by atoms with van der Waals surface area (Å²) in [6.45, 7) is 3.79. The first-order valence-electron chi connectivity index (χ1n) is 6.83. The first-order valence-corrected chi connectivity index (χ1v) is 6.83. The Morgan fingerprint density at radius 3 is 3.11 bits per heavy atom. The van der Waals surface area contributed by atoms with Crippen molar-refractivity contribution in [3.8, 4) is 6.07 Å². The van der Waals surface area contributed by atoms with Gasteiger partial charge in [-0.1, -0.05) is 6.07 Å². The number of nitrogens with zero attached hydrogens (tertiary/aromatic N) is 1. The molecule has 2 N–H and O–H groups in total. The number of rotatable bonds is 3. The van der Waals surface area contributed by atoms with Crippen LogP contribution in [0.25, 0.3) is 0 Å². The predicted octanol–water partition coefficient (Wildman–Crippen LogP) is 0.954. The van der Waals surface area contributed by atoms with Crippen LogP contribution in [0.2, 0.25) is 0 Å². The molecule has 1 saturated heterocycles. The molecule has 1 aliphatic heterocycles. The van der Waals surface area contributed by atoms with Gasteiger partial charge in [0.1, 0.15) is 0 Å². The molecule has 1 aromatic carbocycles. The van der Waals surface area contributed by atoms with Crippen molar-refractivity contribution in [2.45, 2.75) is 32.2 Å². The van der Waals surface area contributed by atoms with Crippen molar-refractivity contribution in [3.63, 3.8) is 0 Å². The Kier molecular flexibility index (Phi) is 4.53. The number of amides is 1. The lowest BCUT2D eigenvalue weighted by Gasteiger charge is -2.29. The molecule has 2 rings (SSSR count). The molecule has 1 aliphatic rings. The number of quaternary nitrogens is 1. The Hall–Kier alpha value is -1.86. The Morgan fingerprint density at radius 2 is 2.37 bits per heavy atom. The summed E-state index contributed by atoms with van der Waals surface area (Å²) >= 11 is 0. The molecule has 0 spiro atoms. The molecule has 100 valence electrons. The standard InChI is InChI=1S/C15H19N3O/c1-12-5-2-3-8-18(12)11-15(19)17-14-7-4-6-13(9-14)10-16/h4,6-7,9,12H,2-3,5,8,11H2,1H3,(H,17,19)/p+1/t12-/m0/s1. The second-order valence-electron chi connectivity index (χ2n) is 5.22. The van der Waals surface area contributed by atoms with Crippen molar-refractivity contribution < 1.29 is 9.69 Å². The number of hydrogen-bond acceptors (Lipinski definition) is 2. The Balaban J connectivity index is 1.91. The minimum atomic E-state index is 0.0267. The van der Waals surface area contributed by atoms with Gasteiger partial charge >= 0.3 is 0 Å². The summed E-state index contributed by atoms with van der Waals surface area (Å²) in [5.41, 5.74) is 1.27.